The number of sulfonamides is 1. The van der Waals surface area contributed by atoms with Gasteiger partial charge in [-0.05, 0) is 48.5 Å². The first kappa shape index (κ1) is 20.5. The van der Waals surface area contributed by atoms with E-state index in [0.717, 1.165) is 12.1 Å². The van der Waals surface area contributed by atoms with Crippen LogP contribution in [0.25, 0.3) is 0 Å². The lowest BCUT2D eigenvalue weighted by molar-refractivity contribution is 0.0495. The molecule has 0 saturated carbocycles. The SMILES string of the molecule is O=C(OCCCn1cccn1)c1ccc(NS(=O)(=O)c2ccc(F)c(F)c2)cc1. The third kappa shape index (κ3) is 5.38. The molecule has 0 atom stereocenters. The summed E-state index contributed by atoms with van der Waals surface area (Å²) in [5.74, 6) is -2.95. The smallest absolute Gasteiger partial charge is 0.338 e. The highest BCUT2D eigenvalue weighted by molar-refractivity contribution is 7.92. The number of benzene rings is 2. The van der Waals surface area contributed by atoms with Crippen molar-refractivity contribution in [3.05, 3.63) is 78.1 Å². The van der Waals surface area contributed by atoms with Gasteiger partial charge in [-0.15, -0.1) is 0 Å². The second kappa shape index (κ2) is 8.82. The number of hydrogen-bond donors (Lipinski definition) is 1. The highest BCUT2D eigenvalue weighted by Crippen LogP contribution is 2.19. The third-order valence-corrected chi connectivity index (χ3v) is 5.28. The molecule has 2 aromatic carbocycles. The molecule has 0 fully saturated rings. The van der Waals surface area contributed by atoms with E-state index in [2.05, 4.69) is 9.82 Å². The molecule has 0 amide bonds. The fourth-order valence-corrected chi connectivity index (χ4v) is 3.51. The maximum absolute atomic E-state index is 13.3. The number of nitrogens with zero attached hydrogens (tertiary/aromatic N) is 2. The largest absolute Gasteiger partial charge is 0.462 e. The van der Waals surface area contributed by atoms with Gasteiger partial charge in [0.25, 0.3) is 10.0 Å². The minimum atomic E-state index is -4.11. The molecule has 1 aromatic heterocycles. The van der Waals surface area contributed by atoms with Crippen molar-refractivity contribution in [1.82, 2.24) is 9.78 Å². The minimum absolute atomic E-state index is 0.157. The summed E-state index contributed by atoms with van der Waals surface area (Å²) >= 11 is 0. The molecule has 7 nitrogen and oxygen atoms in total. The standard InChI is InChI=1S/C19H17F2N3O4S/c20-17-8-7-16(13-18(17)21)29(26,27)23-15-5-3-14(4-6-15)19(25)28-12-2-11-24-10-1-9-22-24/h1,3-10,13,23H,2,11-12H2. The van der Waals surface area contributed by atoms with Crippen LogP contribution in [-0.4, -0.2) is 30.8 Å². The molecule has 152 valence electrons. The molecule has 10 heteroatoms. The van der Waals surface area contributed by atoms with Gasteiger partial charge in [-0.1, -0.05) is 0 Å². The second-order valence-electron chi connectivity index (χ2n) is 6.02. The Morgan fingerprint density at radius 1 is 1.10 bits per heavy atom. The summed E-state index contributed by atoms with van der Waals surface area (Å²) in [4.78, 5) is 11.6. The summed E-state index contributed by atoms with van der Waals surface area (Å²) in [6.07, 6.45) is 4.07. The number of aryl methyl sites for hydroxylation is 1. The van der Waals surface area contributed by atoms with Crippen LogP contribution in [0.5, 0.6) is 0 Å². The van der Waals surface area contributed by atoms with Gasteiger partial charge in [0, 0.05) is 31.0 Å². The third-order valence-electron chi connectivity index (χ3n) is 3.90. The van der Waals surface area contributed by atoms with E-state index >= 15 is 0 Å². The maximum Gasteiger partial charge on any atom is 0.338 e. The van der Waals surface area contributed by atoms with Gasteiger partial charge in [0.15, 0.2) is 11.6 Å². The molecular formula is C19H17F2N3O4S. The Balaban J connectivity index is 1.56. The van der Waals surface area contributed by atoms with Crippen LogP contribution in [0.3, 0.4) is 0 Å². The summed E-state index contributed by atoms with van der Waals surface area (Å²) in [5, 5.41) is 4.04. The Morgan fingerprint density at radius 2 is 1.86 bits per heavy atom. The summed E-state index contributed by atoms with van der Waals surface area (Å²) in [6, 6.07) is 9.62. The zero-order valence-electron chi connectivity index (χ0n) is 15.1. The maximum atomic E-state index is 13.3. The van der Waals surface area contributed by atoms with Crippen molar-refractivity contribution in [2.45, 2.75) is 17.9 Å². The molecule has 0 saturated heterocycles. The Labute approximate surface area is 166 Å². The summed E-state index contributed by atoms with van der Waals surface area (Å²) in [7, 11) is -4.11. The predicted octanol–water partition coefficient (Wildman–Crippen LogP) is 3.21. The second-order valence-corrected chi connectivity index (χ2v) is 7.70. The molecular weight excluding hydrogens is 404 g/mol. The van der Waals surface area contributed by atoms with Crippen LogP contribution in [0.2, 0.25) is 0 Å². The first-order valence-corrected chi connectivity index (χ1v) is 10.1. The van der Waals surface area contributed by atoms with E-state index in [1.165, 1.54) is 24.3 Å². The number of aromatic nitrogens is 2. The van der Waals surface area contributed by atoms with E-state index in [9.17, 15) is 22.0 Å². The molecule has 0 radical (unpaired) electrons. The molecule has 3 rings (SSSR count). The number of carbonyl (C=O) groups is 1. The summed E-state index contributed by atoms with van der Waals surface area (Å²) in [6.45, 7) is 0.828. The van der Waals surface area contributed by atoms with Gasteiger partial charge in [0.05, 0.1) is 17.1 Å². The number of hydrogen-bond acceptors (Lipinski definition) is 5. The number of carbonyl (C=O) groups excluding carboxylic acids is 1. The first-order valence-electron chi connectivity index (χ1n) is 8.58. The predicted molar refractivity (Wildman–Crippen MR) is 101 cm³/mol. The van der Waals surface area contributed by atoms with Crippen LogP contribution >= 0.6 is 0 Å². The van der Waals surface area contributed by atoms with Crippen molar-refractivity contribution >= 4 is 21.7 Å². The van der Waals surface area contributed by atoms with E-state index in [4.69, 9.17) is 4.74 Å². The molecule has 0 aliphatic carbocycles. The lowest BCUT2D eigenvalue weighted by atomic mass is 10.2. The molecule has 1 heterocycles. The van der Waals surface area contributed by atoms with E-state index < -0.39 is 32.5 Å². The van der Waals surface area contributed by atoms with Crippen LogP contribution in [0.15, 0.2) is 65.8 Å². The number of anilines is 1. The van der Waals surface area contributed by atoms with Crippen LogP contribution in [0, 0.1) is 11.6 Å². The summed E-state index contributed by atoms with van der Waals surface area (Å²) < 4.78 is 59.9. The Hall–Kier alpha value is -3.27. The zero-order valence-corrected chi connectivity index (χ0v) is 15.9. The van der Waals surface area contributed by atoms with Crippen molar-refractivity contribution in [3.63, 3.8) is 0 Å². The van der Waals surface area contributed by atoms with E-state index in [0.29, 0.717) is 19.0 Å². The zero-order chi connectivity index (χ0) is 20.9. The van der Waals surface area contributed by atoms with Crippen molar-refractivity contribution in [1.29, 1.82) is 0 Å². The van der Waals surface area contributed by atoms with E-state index in [1.54, 1.807) is 16.9 Å². The normalized spacial score (nSPS) is 11.2. The number of esters is 1. The fraction of sp³-hybridized carbons (Fsp3) is 0.158. The average molecular weight is 421 g/mol. The molecule has 1 N–H and O–H groups in total. The van der Waals surface area contributed by atoms with Crippen LogP contribution in [0.1, 0.15) is 16.8 Å². The van der Waals surface area contributed by atoms with Gasteiger partial charge in [-0.2, -0.15) is 5.10 Å². The molecule has 3 aromatic rings. The molecule has 0 aliphatic heterocycles. The Bertz CT molecular complexity index is 1090. The Kier molecular flexibility index (Phi) is 6.23. The van der Waals surface area contributed by atoms with Crippen LogP contribution in [-0.2, 0) is 21.3 Å². The van der Waals surface area contributed by atoms with Crippen molar-refractivity contribution in [3.8, 4) is 0 Å². The van der Waals surface area contributed by atoms with E-state index in [1.807, 2.05) is 6.20 Å². The number of nitrogens with one attached hydrogen (secondary N) is 1. The van der Waals surface area contributed by atoms with Crippen LogP contribution < -0.4 is 4.72 Å². The van der Waals surface area contributed by atoms with Gasteiger partial charge < -0.3 is 4.74 Å². The minimum Gasteiger partial charge on any atom is -0.462 e. The topological polar surface area (TPSA) is 90.3 Å². The van der Waals surface area contributed by atoms with Gasteiger partial charge in [0.1, 0.15) is 0 Å². The van der Waals surface area contributed by atoms with Gasteiger partial charge in [-0.3, -0.25) is 9.40 Å². The number of rotatable bonds is 8. The molecule has 0 spiro atoms. The van der Waals surface area contributed by atoms with Gasteiger partial charge in [0.2, 0.25) is 0 Å². The fourth-order valence-electron chi connectivity index (χ4n) is 2.44. The first-order chi connectivity index (χ1) is 13.8. The van der Waals surface area contributed by atoms with Gasteiger partial charge in [-0.25, -0.2) is 22.0 Å². The quantitative estimate of drug-likeness (QED) is 0.446. The molecule has 0 unspecified atom stereocenters. The average Bonchev–Trinajstić information content (AvgIpc) is 3.21. The van der Waals surface area contributed by atoms with E-state index in [-0.39, 0.29) is 17.9 Å². The van der Waals surface area contributed by atoms with Crippen molar-refractivity contribution < 1.29 is 26.7 Å². The van der Waals surface area contributed by atoms with Crippen LogP contribution in [0.4, 0.5) is 14.5 Å². The Morgan fingerprint density at radius 3 is 2.52 bits per heavy atom. The van der Waals surface area contributed by atoms with Crippen molar-refractivity contribution in [2.24, 2.45) is 0 Å². The highest BCUT2D eigenvalue weighted by Gasteiger charge is 2.17. The molecule has 0 aliphatic rings. The molecule has 0 bridgehead atoms. The van der Waals surface area contributed by atoms with Crippen molar-refractivity contribution in [2.75, 3.05) is 11.3 Å². The summed E-state index contributed by atoms with van der Waals surface area (Å²) in [5.41, 5.74) is 0.407. The highest BCUT2D eigenvalue weighted by atomic mass is 32.2. The monoisotopic (exact) mass is 421 g/mol. The molecule has 29 heavy (non-hydrogen) atoms. The lowest BCUT2D eigenvalue weighted by Gasteiger charge is -2.09. The van der Waals surface area contributed by atoms with Gasteiger partial charge >= 0.3 is 5.97 Å². The lowest BCUT2D eigenvalue weighted by Crippen LogP contribution is -2.14. The number of ether oxygens (including phenoxy) is 1. The number of halogens is 2.